The maximum atomic E-state index is 5.31. The molecule has 0 spiro atoms. The van der Waals surface area contributed by atoms with Gasteiger partial charge in [-0.05, 0) is 25.7 Å². The molecule has 2 fully saturated rings. The summed E-state index contributed by atoms with van der Waals surface area (Å²) in [4.78, 5) is 0. The lowest BCUT2D eigenvalue weighted by Gasteiger charge is -2.38. The van der Waals surface area contributed by atoms with E-state index in [1.54, 1.807) is 7.11 Å². The molecule has 0 aromatic carbocycles. The van der Waals surface area contributed by atoms with Crippen molar-refractivity contribution in [1.29, 1.82) is 0 Å². The van der Waals surface area contributed by atoms with Crippen LogP contribution in [-0.2, 0) is 9.47 Å². The zero-order valence-electron chi connectivity index (χ0n) is 8.29. The Bertz CT molecular complexity index is 151. The second kappa shape index (κ2) is 4.40. The van der Waals surface area contributed by atoms with Gasteiger partial charge in [-0.3, -0.25) is 0 Å². The van der Waals surface area contributed by atoms with Gasteiger partial charge in [-0.2, -0.15) is 0 Å². The summed E-state index contributed by atoms with van der Waals surface area (Å²) < 4.78 is 10.6. The third-order valence-electron chi connectivity index (χ3n) is 3.12. The SMILES string of the molecule is COC1CC(NC2CCOCC2)C1. The first-order valence-electron chi connectivity index (χ1n) is 5.25. The third kappa shape index (κ3) is 2.42. The van der Waals surface area contributed by atoms with Crippen LogP contribution in [0.4, 0.5) is 0 Å². The molecule has 0 amide bonds. The number of ether oxygens (including phenoxy) is 2. The third-order valence-corrected chi connectivity index (χ3v) is 3.12. The van der Waals surface area contributed by atoms with Crippen LogP contribution in [0.2, 0.25) is 0 Å². The Morgan fingerprint density at radius 3 is 2.46 bits per heavy atom. The van der Waals surface area contributed by atoms with Crippen molar-refractivity contribution in [3.63, 3.8) is 0 Å². The van der Waals surface area contributed by atoms with Crippen molar-refractivity contribution in [3.05, 3.63) is 0 Å². The molecular formula is C10H19NO2. The van der Waals surface area contributed by atoms with Gasteiger partial charge in [0.25, 0.3) is 0 Å². The average Bonchev–Trinajstić information content (AvgIpc) is 2.12. The van der Waals surface area contributed by atoms with Gasteiger partial charge in [-0.25, -0.2) is 0 Å². The van der Waals surface area contributed by atoms with Crippen molar-refractivity contribution < 1.29 is 9.47 Å². The van der Waals surface area contributed by atoms with E-state index in [0.29, 0.717) is 18.2 Å². The molecule has 2 aliphatic rings. The molecule has 0 aromatic heterocycles. The van der Waals surface area contributed by atoms with E-state index in [1.807, 2.05) is 0 Å². The molecule has 76 valence electrons. The normalized spacial score (nSPS) is 35.8. The molecule has 3 heteroatoms. The molecule has 0 radical (unpaired) electrons. The van der Waals surface area contributed by atoms with Gasteiger partial charge in [0.1, 0.15) is 0 Å². The second-order valence-corrected chi connectivity index (χ2v) is 4.08. The Kier molecular flexibility index (Phi) is 3.19. The molecule has 13 heavy (non-hydrogen) atoms. The van der Waals surface area contributed by atoms with E-state index in [-0.39, 0.29) is 0 Å². The zero-order chi connectivity index (χ0) is 9.10. The Labute approximate surface area is 79.8 Å². The molecule has 1 aliphatic heterocycles. The van der Waals surface area contributed by atoms with Crippen molar-refractivity contribution in [2.45, 2.75) is 43.9 Å². The van der Waals surface area contributed by atoms with Crippen LogP contribution in [0.5, 0.6) is 0 Å². The highest BCUT2D eigenvalue weighted by atomic mass is 16.5. The lowest BCUT2D eigenvalue weighted by atomic mass is 9.88. The van der Waals surface area contributed by atoms with E-state index in [9.17, 15) is 0 Å². The standard InChI is InChI=1S/C10H19NO2/c1-12-10-6-9(7-10)11-8-2-4-13-5-3-8/h8-11H,2-7H2,1H3. The van der Waals surface area contributed by atoms with Gasteiger partial charge in [-0.15, -0.1) is 0 Å². The Morgan fingerprint density at radius 2 is 1.85 bits per heavy atom. The minimum absolute atomic E-state index is 0.511. The fraction of sp³-hybridized carbons (Fsp3) is 1.00. The fourth-order valence-electron chi connectivity index (χ4n) is 2.09. The maximum absolute atomic E-state index is 5.31. The van der Waals surface area contributed by atoms with E-state index < -0.39 is 0 Å². The summed E-state index contributed by atoms with van der Waals surface area (Å²) in [7, 11) is 1.80. The molecule has 0 atom stereocenters. The monoisotopic (exact) mass is 185 g/mol. The lowest BCUT2D eigenvalue weighted by molar-refractivity contribution is 0.00559. The molecule has 1 N–H and O–H groups in total. The number of methoxy groups -OCH3 is 1. The largest absolute Gasteiger partial charge is 0.381 e. The Balaban J connectivity index is 1.62. The fourth-order valence-corrected chi connectivity index (χ4v) is 2.09. The molecule has 0 unspecified atom stereocenters. The van der Waals surface area contributed by atoms with Crippen molar-refractivity contribution in [2.24, 2.45) is 0 Å². The molecule has 1 saturated heterocycles. The minimum Gasteiger partial charge on any atom is -0.381 e. The van der Waals surface area contributed by atoms with E-state index in [2.05, 4.69) is 5.32 Å². The number of nitrogens with one attached hydrogen (secondary N) is 1. The van der Waals surface area contributed by atoms with Crippen LogP contribution in [0, 0.1) is 0 Å². The summed E-state index contributed by atoms with van der Waals surface area (Å²) in [5, 5.41) is 3.66. The van der Waals surface area contributed by atoms with Gasteiger partial charge in [0.05, 0.1) is 6.10 Å². The van der Waals surface area contributed by atoms with E-state index >= 15 is 0 Å². The minimum atomic E-state index is 0.511. The van der Waals surface area contributed by atoms with Crippen LogP contribution in [0.25, 0.3) is 0 Å². The zero-order valence-corrected chi connectivity index (χ0v) is 8.29. The summed E-state index contributed by atoms with van der Waals surface area (Å²) in [5.41, 5.74) is 0. The number of hydrogen-bond donors (Lipinski definition) is 1. The first-order chi connectivity index (χ1) is 6.38. The topological polar surface area (TPSA) is 30.5 Å². The molecule has 3 nitrogen and oxygen atoms in total. The highest BCUT2D eigenvalue weighted by Gasteiger charge is 2.30. The predicted octanol–water partition coefficient (Wildman–Crippen LogP) is 0.932. The summed E-state index contributed by atoms with van der Waals surface area (Å²) in [5.74, 6) is 0. The summed E-state index contributed by atoms with van der Waals surface area (Å²) >= 11 is 0. The van der Waals surface area contributed by atoms with Gasteiger partial charge in [0.15, 0.2) is 0 Å². The van der Waals surface area contributed by atoms with Crippen LogP contribution in [0.3, 0.4) is 0 Å². The van der Waals surface area contributed by atoms with Gasteiger partial charge in [0.2, 0.25) is 0 Å². The van der Waals surface area contributed by atoms with Gasteiger partial charge in [-0.1, -0.05) is 0 Å². The smallest absolute Gasteiger partial charge is 0.0601 e. The molecule has 0 bridgehead atoms. The lowest BCUT2D eigenvalue weighted by Crippen LogP contribution is -2.50. The summed E-state index contributed by atoms with van der Waals surface area (Å²) in [6, 6.07) is 1.39. The van der Waals surface area contributed by atoms with Crippen molar-refractivity contribution >= 4 is 0 Å². The summed E-state index contributed by atoms with van der Waals surface area (Å²) in [6.45, 7) is 1.86. The van der Waals surface area contributed by atoms with Crippen LogP contribution in [-0.4, -0.2) is 38.5 Å². The van der Waals surface area contributed by atoms with Crippen molar-refractivity contribution in [3.8, 4) is 0 Å². The number of rotatable bonds is 3. The van der Waals surface area contributed by atoms with E-state index in [1.165, 1.54) is 25.7 Å². The first-order valence-corrected chi connectivity index (χ1v) is 5.25. The first kappa shape index (κ1) is 9.44. The van der Waals surface area contributed by atoms with Crippen LogP contribution < -0.4 is 5.32 Å². The van der Waals surface area contributed by atoms with Gasteiger partial charge < -0.3 is 14.8 Å². The van der Waals surface area contributed by atoms with Crippen molar-refractivity contribution in [1.82, 2.24) is 5.32 Å². The van der Waals surface area contributed by atoms with E-state index in [0.717, 1.165) is 13.2 Å². The Morgan fingerprint density at radius 1 is 1.15 bits per heavy atom. The second-order valence-electron chi connectivity index (χ2n) is 4.08. The molecule has 1 heterocycles. The molecule has 1 saturated carbocycles. The van der Waals surface area contributed by atoms with Crippen LogP contribution in [0.15, 0.2) is 0 Å². The highest BCUT2D eigenvalue weighted by molar-refractivity contribution is 4.88. The van der Waals surface area contributed by atoms with E-state index in [4.69, 9.17) is 9.47 Å². The molecule has 2 rings (SSSR count). The molecule has 0 aromatic rings. The molecular weight excluding hydrogens is 166 g/mol. The quantitative estimate of drug-likeness (QED) is 0.709. The number of hydrogen-bond acceptors (Lipinski definition) is 3. The predicted molar refractivity (Wildman–Crippen MR) is 50.8 cm³/mol. The molecule has 1 aliphatic carbocycles. The van der Waals surface area contributed by atoms with Gasteiger partial charge >= 0.3 is 0 Å². The Hall–Kier alpha value is -0.120. The maximum Gasteiger partial charge on any atom is 0.0601 e. The van der Waals surface area contributed by atoms with Crippen molar-refractivity contribution in [2.75, 3.05) is 20.3 Å². The van der Waals surface area contributed by atoms with Crippen LogP contribution >= 0.6 is 0 Å². The van der Waals surface area contributed by atoms with Gasteiger partial charge in [0, 0.05) is 32.4 Å². The highest BCUT2D eigenvalue weighted by Crippen LogP contribution is 2.24. The van der Waals surface area contributed by atoms with Crippen LogP contribution in [0.1, 0.15) is 25.7 Å². The average molecular weight is 185 g/mol. The summed E-state index contributed by atoms with van der Waals surface area (Å²) in [6.07, 6.45) is 5.24.